The lowest BCUT2D eigenvalue weighted by Crippen LogP contribution is -2.25. The van der Waals surface area contributed by atoms with E-state index < -0.39 is 17.6 Å². The van der Waals surface area contributed by atoms with Gasteiger partial charge in [0.05, 0.1) is 22.5 Å². The first-order chi connectivity index (χ1) is 15.8. The van der Waals surface area contributed by atoms with Gasteiger partial charge in [0.1, 0.15) is 0 Å². The highest BCUT2D eigenvalue weighted by Gasteiger charge is 2.30. The molecule has 4 rings (SSSR count). The van der Waals surface area contributed by atoms with Gasteiger partial charge < -0.3 is 5.32 Å². The molecule has 0 unspecified atom stereocenters. The summed E-state index contributed by atoms with van der Waals surface area (Å²) in [5.41, 5.74) is 4.05. The van der Waals surface area contributed by atoms with Gasteiger partial charge >= 0.3 is 6.18 Å². The van der Waals surface area contributed by atoms with Crippen molar-refractivity contribution in [3.05, 3.63) is 88.9 Å². The fourth-order valence-corrected chi connectivity index (χ4v) is 3.88. The molecule has 170 valence electrons. The van der Waals surface area contributed by atoms with Crippen molar-refractivity contribution in [3.63, 3.8) is 0 Å². The Hall–Kier alpha value is -3.68. The topological polar surface area (TPSA) is 59.3 Å². The predicted molar refractivity (Wildman–Crippen MR) is 120 cm³/mol. The van der Waals surface area contributed by atoms with Crippen LogP contribution in [0.3, 0.4) is 0 Å². The van der Waals surface area contributed by atoms with Gasteiger partial charge in [0, 0.05) is 18.3 Å². The van der Waals surface area contributed by atoms with E-state index in [1.165, 1.54) is 12.3 Å². The Balaban J connectivity index is 1.66. The normalized spacial score (nSPS) is 11.7. The van der Waals surface area contributed by atoms with E-state index in [4.69, 9.17) is 0 Å². The fourth-order valence-electron chi connectivity index (χ4n) is 3.88. The minimum atomic E-state index is -4.43. The minimum Gasteiger partial charge on any atom is -0.348 e. The van der Waals surface area contributed by atoms with Crippen molar-refractivity contribution >= 4 is 11.6 Å². The van der Waals surface area contributed by atoms with Crippen LogP contribution in [0.25, 0.3) is 16.8 Å². The highest BCUT2D eigenvalue weighted by Crippen LogP contribution is 2.30. The second-order valence-electron chi connectivity index (χ2n) is 7.81. The number of aromatic nitrogens is 3. The van der Waals surface area contributed by atoms with Gasteiger partial charge in [0.25, 0.3) is 5.91 Å². The zero-order valence-corrected chi connectivity index (χ0v) is 18.3. The summed E-state index contributed by atoms with van der Waals surface area (Å²) in [6.07, 6.45) is -1.53. The lowest BCUT2D eigenvalue weighted by atomic mass is 10.1. The van der Waals surface area contributed by atoms with Gasteiger partial charge in [-0.2, -0.15) is 18.3 Å². The summed E-state index contributed by atoms with van der Waals surface area (Å²) >= 11 is 0. The van der Waals surface area contributed by atoms with Crippen molar-refractivity contribution in [1.29, 1.82) is 0 Å². The largest absolute Gasteiger partial charge is 0.416 e. The Morgan fingerprint density at radius 1 is 1.09 bits per heavy atom. The molecule has 0 aliphatic carbocycles. The molecule has 2 heterocycles. The van der Waals surface area contributed by atoms with Crippen molar-refractivity contribution in [2.24, 2.45) is 0 Å². The fraction of sp³-hybridized carbons (Fsp3) is 0.240. The number of rotatable bonds is 6. The lowest BCUT2D eigenvalue weighted by Gasteiger charge is -2.12. The van der Waals surface area contributed by atoms with Crippen LogP contribution in [-0.4, -0.2) is 20.5 Å². The van der Waals surface area contributed by atoms with Gasteiger partial charge in [-0.3, -0.25) is 4.79 Å². The SMILES string of the molecule is CCCc1c(C(=O)NCc2cccc(C(F)(F)F)c2)cnc2c(-c3ccccc3)c(C)nn12. The molecule has 1 amide bonds. The number of halogens is 3. The Bertz CT molecular complexity index is 1300. The molecule has 4 aromatic rings. The Morgan fingerprint density at radius 3 is 2.55 bits per heavy atom. The van der Waals surface area contributed by atoms with Gasteiger partial charge in [0.15, 0.2) is 5.65 Å². The van der Waals surface area contributed by atoms with E-state index in [1.54, 1.807) is 10.6 Å². The van der Waals surface area contributed by atoms with E-state index in [2.05, 4.69) is 15.4 Å². The monoisotopic (exact) mass is 452 g/mol. The van der Waals surface area contributed by atoms with Crippen LogP contribution < -0.4 is 5.32 Å². The number of alkyl halides is 3. The molecule has 0 aliphatic rings. The molecule has 0 saturated carbocycles. The molecular formula is C25H23F3N4O. The number of benzene rings is 2. The standard InChI is InChI=1S/C25H23F3N4O/c1-3-8-21-20(24(33)30-14-17-9-7-12-19(13-17)25(26,27)28)15-29-23-22(16(2)31-32(21)23)18-10-5-4-6-11-18/h4-7,9-13,15H,3,8,14H2,1-2H3,(H,30,33). The predicted octanol–water partition coefficient (Wildman–Crippen LogP) is 5.61. The zero-order chi connectivity index (χ0) is 23.6. The molecule has 0 spiro atoms. The first-order valence-electron chi connectivity index (χ1n) is 10.7. The highest BCUT2D eigenvalue weighted by atomic mass is 19.4. The summed E-state index contributed by atoms with van der Waals surface area (Å²) in [6, 6.07) is 14.7. The van der Waals surface area contributed by atoms with Crippen LogP contribution in [0.15, 0.2) is 60.8 Å². The quantitative estimate of drug-likeness (QED) is 0.414. The second-order valence-corrected chi connectivity index (χ2v) is 7.81. The number of amides is 1. The number of hydrogen-bond donors (Lipinski definition) is 1. The van der Waals surface area contributed by atoms with Crippen molar-refractivity contribution < 1.29 is 18.0 Å². The molecule has 8 heteroatoms. The summed E-state index contributed by atoms with van der Waals surface area (Å²) < 4.78 is 40.6. The number of carbonyl (C=O) groups is 1. The van der Waals surface area contributed by atoms with Gasteiger partial charge in [-0.05, 0) is 36.6 Å². The van der Waals surface area contributed by atoms with E-state index in [0.29, 0.717) is 28.9 Å². The highest BCUT2D eigenvalue weighted by molar-refractivity contribution is 5.95. The third kappa shape index (κ3) is 4.60. The number of nitrogens with zero attached hydrogens (tertiary/aromatic N) is 3. The first kappa shape index (κ1) is 22.5. The summed E-state index contributed by atoms with van der Waals surface area (Å²) in [5, 5.41) is 7.38. The number of fused-ring (bicyclic) bond motifs is 1. The molecular weight excluding hydrogens is 429 g/mol. The molecule has 0 atom stereocenters. The summed E-state index contributed by atoms with van der Waals surface area (Å²) in [6.45, 7) is 3.88. The Labute approximate surface area is 189 Å². The molecule has 2 aromatic carbocycles. The average molecular weight is 452 g/mol. The second kappa shape index (κ2) is 9.05. The van der Waals surface area contributed by atoms with E-state index in [9.17, 15) is 18.0 Å². The maximum absolute atomic E-state index is 13.0. The van der Waals surface area contributed by atoms with E-state index in [0.717, 1.165) is 35.4 Å². The van der Waals surface area contributed by atoms with Gasteiger partial charge in [-0.1, -0.05) is 55.8 Å². The van der Waals surface area contributed by atoms with Crippen LogP contribution in [0.5, 0.6) is 0 Å². The molecule has 1 N–H and O–H groups in total. The van der Waals surface area contributed by atoms with Crippen LogP contribution in [0.4, 0.5) is 13.2 Å². The lowest BCUT2D eigenvalue weighted by molar-refractivity contribution is -0.137. The minimum absolute atomic E-state index is 0.0280. The number of hydrogen-bond acceptors (Lipinski definition) is 3. The molecule has 0 bridgehead atoms. The third-order valence-electron chi connectivity index (χ3n) is 5.42. The van der Waals surface area contributed by atoms with Crippen LogP contribution >= 0.6 is 0 Å². The molecule has 0 saturated heterocycles. The number of nitrogens with one attached hydrogen (secondary N) is 1. The summed E-state index contributed by atoms with van der Waals surface area (Å²) in [5.74, 6) is -0.403. The number of aryl methyl sites for hydroxylation is 2. The average Bonchev–Trinajstić information content (AvgIpc) is 3.14. The van der Waals surface area contributed by atoms with Crippen LogP contribution in [0, 0.1) is 6.92 Å². The van der Waals surface area contributed by atoms with Crippen LogP contribution in [0.1, 0.15) is 46.2 Å². The molecule has 0 radical (unpaired) electrons. The Morgan fingerprint density at radius 2 is 1.85 bits per heavy atom. The van der Waals surface area contributed by atoms with E-state index in [-0.39, 0.29) is 6.54 Å². The van der Waals surface area contributed by atoms with Crippen molar-refractivity contribution in [2.75, 3.05) is 0 Å². The third-order valence-corrected chi connectivity index (χ3v) is 5.42. The molecule has 2 aromatic heterocycles. The maximum Gasteiger partial charge on any atom is 0.416 e. The molecule has 33 heavy (non-hydrogen) atoms. The van der Waals surface area contributed by atoms with Gasteiger partial charge in [-0.25, -0.2) is 9.50 Å². The van der Waals surface area contributed by atoms with Gasteiger partial charge in [-0.15, -0.1) is 0 Å². The van der Waals surface area contributed by atoms with Gasteiger partial charge in [0.2, 0.25) is 0 Å². The van der Waals surface area contributed by atoms with Crippen molar-refractivity contribution in [1.82, 2.24) is 19.9 Å². The zero-order valence-electron chi connectivity index (χ0n) is 18.3. The summed E-state index contributed by atoms with van der Waals surface area (Å²) in [7, 11) is 0. The number of carbonyl (C=O) groups excluding carboxylic acids is 1. The Kier molecular flexibility index (Phi) is 6.18. The molecule has 5 nitrogen and oxygen atoms in total. The van der Waals surface area contributed by atoms with Crippen LogP contribution in [-0.2, 0) is 19.1 Å². The first-order valence-corrected chi connectivity index (χ1v) is 10.7. The smallest absolute Gasteiger partial charge is 0.348 e. The van der Waals surface area contributed by atoms with Crippen molar-refractivity contribution in [3.8, 4) is 11.1 Å². The van der Waals surface area contributed by atoms with E-state index >= 15 is 0 Å². The van der Waals surface area contributed by atoms with Crippen molar-refractivity contribution in [2.45, 2.75) is 39.4 Å². The van der Waals surface area contributed by atoms with Crippen LogP contribution in [0.2, 0.25) is 0 Å². The molecule has 0 fully saturated rings. The van der Waals surface area contributed by atoms with E-state index in [1.807, 2.05) is 44.2 Å². The summed E-state index contributed by atoms with van der Waals surface area (Å²) in [4.78, 5) is 17.5. The molecule has 0 aliphatic heterocycles. The maximum atomic E-state index is 13.0.